The number of carbonyl (C=O) groups is 2. The number of hydrogen-bond donors (Lipinski definition) is 3. The average molecular weight is 446 g/mol. The molecule has 1 aliphatic carbocycles. The maximum absolute atomic E-state index is 12.9. The van der Waals surface area contributed by atoms with Gasteiger partial charge in [-0.05, 0) is 50.5 Å². The summed E-state index contributed by atoms with van der Waals surface area (Å²) in [7, 11) is 0. The zero-order chi connectivity index (χ0) is 21.5. The molecule has 2 aromatic heterocycles. The lowest BCUT2D eigenvalue weighted by Crippen LogP contribution is -2.43. The topological polar surface area (TPSA) is 83.2 Å². The number of thiophene rings is 1. The summed E-state index contributed by atoms with van der Waals surface area (Å²) >= 11 is 7.43. The highest BCUT2D eigenvalue weighted by Crippen LogP contribution is 2.34. The van der Waals surface area contributed by atoms with E-state index >= 15 is 0 Å². The van der Waals surface area contributed by atoms with E-state index in [4.69, 9.17) is 16.3 Å². The first-order chi connectivity index (χ1) is 14.2. The van der Waals surface area contributed by atoms with Crippen molar-refractivity contribution in [2.75, 3.05) is 6.54 Å². The Morgan fingerprint density at radius 3 is 2.77 bits per heavy atom. The van der Waals surface area contributed by atoms with Crippen LogP contribution in [0, 0.1) is 0 Å². The first kappa shape index (κ1) is 20.8. The lowest BCUT2D eigenvalue weighted by Gasteiger charge is -2.24. The third kappa shape index (κ3) is 4.47. The Labute approximate surface area is 184 Å². The summed E-state index contributed by atoms with van der Waals surface area (Å²) < 4.78 is 6.04. The zero-order valence-corrected chi connectivity index (χ0v) is 18.6. The molecule has 1 aliphatic rings. The molecule has 1 aromatic carbocycles. The zero-order valence-electron chi connectivity index (χ0n) is 17.0. The number of rotatable bonds is 4. The van der Waals surface area contributed by atoms with Gasteiger partial charge in [0, 0.05) is 23.9 Å². The van der Waals surface area contributed by atoms with Gasteiger partial charge in [-0.1, -0.05) is 35.9 Å². The second kappa shape index (κ2) is 7.96. The van der Waals surface area contributed by atoms with Crippen molar-refractivity contribution in [3.05, 3.63) is 57.6 Å². The highest BCUT2D eigenvalue weighted by atomic mass is 35.5. The van der Waals surface area contributed by atoms with Crippen LogP contribution in [-0.2, 0) is 11.2 Å². The van der Waals surface area contributed by atoms with Crippen molar-refractivity contribution in [3.8, 4) is 0 Å². The third-order valence-corrected chi connectivity index (χ3v) is 6.28. The molecule has 0 fully saturated rings. The molecular formula is C22H24ClN3O3S. The molecule has 0 aliphatic heterocycles. The summed E-state index contributed by atoms with van der Waals surface area (Å²) in [5.74, 6) is -0.210. The molecule has 2 amide bonds. The minimum absolute atomic E-state index is 0.0387. The van der Waals surface area contributed by atoms with E-state index in [0.29, 0.717) is 23.0 Å². The predicted molar refractivity (Wildman–Crippen MR) is 120 cm³/mol. The first-order valence-corrected chi connectivity index (χ1v) is 11.0. The predicted octanol–water partition coefficient (Wildman–Crippen LogP) is 4.85. The van der Waals surface area contributed by atoms with E-state index in [1.54, 1.807) is 0 Å². The largest absolute Gasteiger partial charge is 0.444 e. The summed E-state index contributed by atoms with van der Waals surface area (Å²) in [5, 5.41) is 6.92. The number of amides is 2. The van der Waals surface area contributed by atoms with Crippen molar-refractivity contribution in [1.82, 2.24) is 15.6 Å². The van der Waals surface area contributed by atoms with Gasteiger partial charge in [0.2, 0.25) is 0 Å². The van der Waals surface area contributed by atoms with E-state index in [1.807, 2.05) is 45.0 Å². The summed E-state index contributed by atoms with van der Waals surface area (Å²) in [5.41, 5.74) is 2.26. The van der Waals surface area contributed by atoms with Gasteiger partial charge in [0.05, 0.1) is 4.34 Å². The molecule has 2 heterocycles. The van der Waals surface area contributed by atoms with Crippen molar-refractivity contribution in [2.45, 2.75) is 44.8 Å². The van der Waals surface area contributed by atoms with E-state index in [9.17, 15) is 9.59 Å². The van der Waals surface area contributed by atoms with Crippen LogP contribution in [0.3, 0.4) is 0 Å². The second-order valence-electron chi connectivity index (χ2n) is 8.49. The molecule has 6 nitrogen and oxygen atoms in total. The Kier molecular flexibility index (Phi) is 5.51. The van der Waals surface area contributed by atoms with Crippen LogP contribution >= 0.6 is 22.9 Å². The normalized spacial score (nSPS) is 18.3. The van der Waals surface area contributed by atoms with Crippen LogP contribution in [0.4, 0.5) is 4.79 Å². The molecule has 0 unspecified atom stereocenters. The number of aromatic nitrogens is 1. The number of halogens is 1. The molecule has 0 saturated heterocycles. The van der Waals surface area contributed by atoms with E-state index in [2.05, 4.69) is 27.8 Å². The summed E-state index contributed by atoms with van der Waals surface area (Å²) in [6, 6.07) is 11.6. The third-order valence-electron chi connectivity index (χ3n) is 5.09. The Morgan fingerprint density at radius 2 is 2.03 bits per heavy atom. The number of H-pyrrole nitrogens is 1. The number of carbonyl (C=O) groups excluding carboxylic acids is 2. The molecule has 30 heavy (non-hydrogen) atoms. The SMILES string of the molecule is CC(C)(C)OC(=O)NC[C@H]1c2ccccc2C[C@H]1NC(=O)c1cc2cc(Cl)sc2[nH]1. The van der Waals surface area contributed by atoms with Crippen molar-refractivity contribution < 1.29 is 14.3 Å². The number of benzene rings is 1. The van der Waals surface area contributed by atoms with E-state index in [0.717, 1.165) is 15.8 Å². The smallest absolute Gasteiger partial charge is 0.407 e. The fourth-order valence-electron chi connectivity index (χ4n) is 3.85. The van der Waals surface area contributed by atoms with Crippen LogP contribution in [0.25, 0.3) is 10.2 Å². The molecule has 0 saturated carbocycles. The average Bonchev–Trinajstić information content (AvgIpc) is 3.29. The molecule has 3 aromatic rings. The minimum Gasteiger partial charge on any atom is -0.444 e. The van der Waals surface area contributed by atoms with Gasteiger partial charge in [0.25, 0.3) is 5.91 Å². The van der Waals surface area contributed by atoms with Gasteiger partial charge in [0.15, 0.2) is 0 Å². The Balaban J connectivity index is 1.48. The van der Waals surface area contributed by atoms with E-state index in [-0.39, 0.29) is 17.9 Å². The standard InChI is InChI=1S/C22H24ClN3O3S/c1-22(2,3)29-21(28)24-11-15-14-7-5-4-6-12(14)8-16(15)25-19(27)17-9-13-10-18(23)30-20(13)26-17/h4-7,9-10,15-16,26H,8,11H2,1-3H3,(H,24,28)(H,25,27)/t15-,16+/m0/s1. The lowest BCUT2D eigenvalue weighted by atomic mass is 9.98. The van der Waals surface area contributed by atoms with Crippen molar-refractivity contribution >= 4 is 45.2 Å². The number of aromatic amines is 1. The quantitative estimate of drug-likeness (QED) is 0.537. The Morgan fingerprint density at radius 1 is 1.27 bits per heavy atom. The number of fused-ring (bicyclic) bond motifs is 2. The highest BCUT2D eigenvalue weighted by Gasteiger charge is 2.34. The van der Waals surface area contributed by atoms with Crippen molar-refractivity contribution in [1.29, 1.82) is 0 Å². The summed E-state index contributed by atoms with van der Waals surface area (Å²) in [6.45, 7) is 5.87. The number of nitrogens with one attached hydrogen (secondary N) is 3. The van der Waals surface area contributed by atoms with Crippen molar-refractivity contribution in [3.63, 3.8) is 0 Å². The second-order valence-corrected chi connectivity index (χ2v) is 10.2. The molecule has 158 valence electrons. The van der Waals surface area contributed by atoms with Crippen LogP contribution in [0.5, 0.6) is 0 Å². The van der Waals surface area contributed by atoms with E-state index in [1.165, 1.54) is 16.9 Å². The number of hydrogen-bond acceptors (Lipinski definition) is 4. The van der Waals surface area contributed by atoms with Crippen LogP contribution < -0.4 is 10.6 Å². The molecule has 0 spiro atoms. The van der Waals surface area contributed by atoms with Crippen LogP contribution in [0.1, 0.15) is 48.3 Å². The monoisotopic (exact) mass is 445 g/mol. The van der Waals surface area contributed by atoms with Gasteiger partial charge < -0.3 is 20.4 Å². The fourth-order valence-corrected chi connectivity index (χ4v) is 4.98. The van der Waals surface area contributed by atoms with Crippen molar-refractivity contribution in [2.24, 2.45) is 0 Å². The van der Waals surface area contributed by atoms with Gasteiger partial charge in [-0.25, -0.2) is 4.79 Å². The fraction of sp³-hybridized carbons (Fsp3) is 0.364. The van der Waals surface area contributed by atoms with Crippen LogP contribution in [-0.4, -0.2) is 35.2 Å². The maximum Gasteiger partial charge on any atom is 0.407 e. The minimum atomic E-state index is -0.561. The Bertz CT molecular complexity index is 1070. The summed E-state index contributed by atoms with van der Waals surface area (Å²) in [4.78, 5) is 29.0. The first-order valence-electron chi connectivity index (χ1n) is 9.83. The van der Waals surface area contributed by atoms with Gasteiger partial charge in [-0.15, -0.1) is 11.3 Å². The van der Waals surface area contributed by atoms with Crippen LogP contribution in [0.2, 0.25) is 4.34 Å². The molecule has 8 heteroatoms. The molecule has 0 radical (unpaired) electrons. The Hall–Kier alpha value is -2.51. The summed E-state index contributed by atoms with van der Waals surface area (Å²) in [6.07, 6.45) is 0.252. The molecular weight excluding hydrogens is 422 g/mol. The lowest BCUT2D eigenvalue weighted by molar-refractivity contribution is 0.0523. The number of ether oxygens (including phenoxy) is 1. The van der Waals surface area contributed by atoms with E-state index < -0.39 is 11.7 Å². The molecule has 4 rings (SSSR count). The molecule has 3 N–H and O–H groups in total. The highest BCUT2D eigenvalue weighted by molar-refractivity contribution is 7.22. The van der Waals surface area contributed by atoms with Gasteiger partial charge in [-0.2, -0.15) is 0 Å². The van der Waals surface area contributed by atoms with Crippen LogP contribution in [0.15, 0.2) is 36.4 Å². The van der Waals surface area contributed by atoms with Gasteiger partial charge in [-0.3, -0.25) is 4.79 Å². The maximum atomic E-state index is 12.9. The molecule has 2 atom stereocenters. The number of alkyl carbamates (subject to hydrolysis) is 1. The van der Waals surface area contributed by atoms with Gasteiger partial charge >= 0.3 is 6.09 Å². The van der Waals surface area contributed by atoms with Gasteiger partial charge in [0.1, 0.15) is 16.1 Å². The molecule has 0 bridgehead atoms.